The normalized spacial score (nSPS) is 18.1. The second-order valence-electron chi connectivity index (χ2n) is 5.52. The maximum Gasteiger partial charge on any atom is 0.255 e. The summed E-state index contributed by atoms with van der Waals surface area (Å²) < 4.78 is 5.28. The Hall–Kier alpha value is -1.59. The van der Waals surface area contributed by atoms with Gasteiger partial charge in [-0.3, -0.25) is 9.69 Å². The lowest BCUT2D eigenvalue weighted by atomic mass is 10.1. The number of ether oxygens (including phenoxy) is 1. The number of primary amides is 1. The van der Waals surface area contributed by atoms with Crippen LogP contribution in [0.5, 0.6) is 5.75 Å². The van der Waals surface area contributed by atoms with Crippen LogP contribution < -0.4 is 15.8 Å². The average molecular weight is 291 g/mol. The van der Waals surface area contributed by atoms with E-state index < -0.39 is 5.91 Å². The highest BCUT2D eigenvalue weighted by molar-refractivity contribution is 5.75. The van der Waals surface area contributed by atoms with E-state index in [2.05, 4.69) is 29.3 Å². The summed E-state index contributed by atoms with van der Waals surface area (Å²) in [6, 6.07) is 8.54. The van der Waals surface area contributed by atoms with Gasteiger partial charge in [0.2, 0.25) is 0 Å². The number of carbonyl (C=O) groups excluding carboxylic acids is 1. The Balaban J connectivity index is 1.92. The molecular weight excluding hydrogens is 266 g/mol. The number of carbonyl (C=O) groups is 1. The van der Waals surface area contributed by atoms with Gasteiger partial charge in [0.1, 0.15) is 5.75 Å². The molecule has 1 amide bonds. The van der Waals surface area contributed by atoms with E-state index in [4.69, 9.17) is 10.5 Å². The number of nitrogens with zero attached hydrogens (tertiary/aromatic N) is 1. The van der Waals surface area contributed by atoms with Crippen LogP contribution in [0.4, 0.5) is 0 Å². The van der Waals surface area contributed by atoms with Crippen LogP contribution in [0.1, 0.15) is 25.3 Å². The summed E-state index contributed by atoms with van der Waals surface area (Å²) in [6.45, 7) is 6.42. The zero-order valence-electron chi connectivity index (χ0n) is 12.7. The summed E-state index contributed by atoms with van der Waals surface area (Å²) in [5, 5.41) is 3.43. The van der Waals surface area contributed by atoms with Crippen LogP contribution in [-0.4, -0.2) is 43.1 Å². The molecule has 1 atom stereocenters. The molecule has 5 heteroatoms. The molecule has 1 heterocycles. The standard InChI is InChI=1S/C16H25N3O2/c1-2-9-19(14-7-8-18-10-14)11-13-3-5-15(6-4-13)21-12-16(17)20/h3-6,14,18H,2,7-12H2,1H3,(H2,17,20). The molecule has 0 radical (unpaired) electrons. The molecule has 0 aliphatic carbocycles. The van der Waals surface area contributed by atoms with Crippen LogP contribution in [0.15, 0.2) is 24.3 Å². The summed E-state index contributed by atoms with van der Waals surface area (Å²) in [4.78, 5) is 13.2. The van der Waals surface area contributed by atoms with Crippen molar-refractivity contribution in [2.24, 2.45) is 5.73 Å². The molecule has 0 spiro atoms. The second-order valence-corrected chi connectivity index (χ2v) is 5.52. The maximum atomic E-state index is 10.7. The van der Waals surface area contributed by atoms with E-state index >= 15 is 0 Å². The lowest BCUT2D eigenvalue weighted by Gasteiger charge is -2.28. The summed E-state index contributed by atoms with van der Waals surface area (Å²) in [6.07, 6.45) is 2.39. The van der Waals surface area contributed by atoms with Crippen molar-refractivity contribution >= 4 is 5.91 Å². The molecule has 0 saturated carbocycles. The van der Waals surface area contributed by atoms with Gasteiger partial charge >= 0.3 is 0 Å². The van der Waals surface area contributed by atoms with E-state index in [1.165, 1.54) is 12.0 Å². The van der Waals surface area contributed by atoms with Gasteiger partial charge in [-0.25, -0.2) is 0 Å². The van der Waals surface area contributed by atoms with Gasteiger partial charge in [0.25, 0.3) is 5.91 Å². The fourth-order valence-corrected chi connectivity index (χ4v) is 2.71. The lowest BCUT2D eigenvalue weighted by molar-refractivity contribution is -0.119. The Kier molecular flexibility index (Phi) is 6.02. The summed E-state index contributed by atoms with van der Waals surface area (Å²) >= 11 is 0. The van der Waals surface area contributed by atoms with Crippen LogP contribution in [0.2, 0.25) is 0 Å². The first-order valence-electron chi connectivity index (χ1n) is 7.64. The number of hydrogen-bond donors (Lipinski definition) is 2. The molecule has 1 aromatic rings. The molecule has 1 unspecified atom stereocenters. The number of nitrogens with two attached hydrogens (primary N) is 1. The Morgan fingerprint density at radius 1 is 1.43 bits per heavy atom. The first-order valence-corrected chi connectivity index (χ1v) is 7.64. The van der Waals surface area contributed by atoms with E-state index in [0.29, 0.717) is 11.8 Å². The molecule has 1 aliphatic heterocycles. The monoisotopic (exact) mass is 291 g/mol. The van der Waals surface area contributed by atoms with Crippen molar-refractivity contribution in [1.82, 2.24) is 10.2 Å². The number of amides is 1. The van der Waals surface area contributed by atoms with Crippen molar-refractivity contribution in [2.45, 2.75) is 32.4 Å². The van der Waals surface area contributed by atoms with Gasteiger partial charge in [-0.05, 0) is 43.6 Å². The molecule has 0 aromatic heterocycles. The van der Waals surface area contributed by atoms with Crippen LogP contribution in [0.3, 0.4) is 0 Å². The SMILES string of the molecule is CCCN(Cc1ccc(OCC(N)=O)cc1)C1CCNC1. The lowest BCUT2D eigenvalue weighted by Crippen LogP contribution is -2.36. The molecule has 1 fully saturated rings. The number of rotatable bonds is 8. The van der Waals surface area contributed by atoms with Gasteiger partial charge in [-0.2, -0.15) is 0 Å². The average Bonchev–Trinajstić information content (AvgIpc) is 3.00. The molecule has 3 N–H and O–H groups in total. The van der Waals surface area contributed by atoms with Gasteiger partial charge in [-0.15, -0.1) is 0 Å². The minimum Gasteiger partial charge on any atom is -0.484 e. The molecule has 2 rings (SSSR count). The van der Waals surface area contributed by atoms with Gasteiger partial charge in [0, 0.05) is 19.1 Å². The van der Waals surface area contributed by atoms with Gasteiger partial charge in [-0.1, -0.05) is 19.1 Å². The smallest absolute Gasteiger partial charge is 0.255 e. The predicted molar refractivity (Wildman–Crippen MR) is 83.1 cm³/mol. The third-order valence-corrected chi connectivity index (χ3v) is 3.75. The Morgan fingerprint density at radius 2 is 2.19 bits per heavy atom. The maximum absolute atomic E-state index is 10.7. The summed E-state index contributed by atoms with van der Waals surface area (Å²) in [5.74, 6) is 0.226. The first kappa shape index (κ1) is 15.8. The largest absolute Gasteiger partial charge is 0.484 e. The van der Waals surface area contributed by atoms with E-state index in [1.54, 1.807) is 0 Å². The van der Waals surface area contributed by atoms with Crippen molar-refractivity contribution in [1.29, 1.82) is 0 Å². The minimum atomic E-state index is -0.457. The Labute approximate surface area is 126 Å². The number of benzene rings is 1. The molecule has 21 heavy (non-hydrogen) atoms. The molecule has 1 aromatic carbocycles. The summed E-state index contributed by atoms with van der Waals surface area (Å²) in [5.41, 5.74) is 6.33. The van der Waals surface area contributed by atoms with Crippen molar-refractivity contribution in [3.63, 3.8) is 0 Å². The quantitative estimate of drug-likeness (QED) is 0.753. The number of hydrogen-bond acceptors (Lipinski definition) is 4. The summed E-state index contributed by atoms with van der Waals surface area (Å²) in [7, 11) is 0. The Bertz CT molecular complexity index is 441. The Morgan fingerprint density at radius 3 is 2.76 bits per heavy atom. The van der Waals surface area contributed by atoms with Gasteiger partial charge in [0.15, 0.2) is 6.61 Å². The molecule has 0 bridgehead atoms. The van der Waals surface area contributed by atoms with E-state index in [9.17, 15) is 4.79 Å². The van der Waals surface area contributed by atoms with Crippen molar-refractivity contribution in [3.05, 3.63) is 29.8 Å². The van der Waals surface area contributed by atoms with Gasteiger partial charge in [0.05, 0.1) is 0 Å². The first-order chi connectivity index (χ1) is 10.2. The van der Waals surface area contributed by atoms with Crippen LogP contribution in [0.25, 0.3) is 0 Å². The van der Waals surface area contributed by atoms with Crippen LogP contribution >= 0.6 is 0 Å². The van der Waals surface area contributed by atoms with Crippen LogP contribution in [0, 0.1) is 0 Å². The molecular formula is C16H25N3O2. The van der Waals surface area contributed by atoms with Gasteiger partial charge < -0.3 is 15.8 Å². The predicted octanol–water partition coefficient (Wildman–Crippen LogP) is 1.12. The highest BCUT2D eigenvalue weighted by atomic mass is 16.5. The van der Waals surface area contributed by atoms with Crippen LogP contribution in [-0.2, 0) is 11.3 Å². The molecule has 5 nitrogen and oxygen atoms in total. The number of nitrogens with one attached hydrogen (secondary N) is 1. The van der Waals surface area contributed by atoms with E-state index in [0.717, 1.165) is 32.6 Å². The van der Waals surface area contributed by atoms with Crippen molar-refractivity contribution in [3.8, 4) is 5.75 Å². The second kappa shape index (κ2) is 8.00. The molecule has 1 saturated heterocycles. The topological polar surface area (TPSA) is 67.6 Å². The third kappa shape index (κ3) is 5.02. The van der Waals surface area contributed by atoms with E-state index in [-0.39, 0.29) is 6.61 Å². The highest BCUT2D eigenvalue weighted by Crippen LogP contribution is 2.17. The van der Waals surface area contributed by atoms with E-state index in [1.807, 2.05) is 12.1 Å². The molecule has 1 aliphatic rings. The van der Waals surface area contributed by atoms with Crippen molar-refractivity contribution in [2.75, 3.05) is 26.2 Å². The fourth-order valence-electron chi connectivity index (χ4n) is 2.71. The highest BCUT2D eigenvalue weighted by Gasteiger charge is 2.21. The zero-order chi connectivity index (χ0) is 15.1. The molecule has 116 valence electrons. The zero-order valence-corrected chi connectivity index (χ0v) is 12.7. The third-order valence-electron chi connectivity index (χ3n) is 3.75. The minimum absolute atomic E-state index is 0.0744. The fraction of sp³-hybridized carbons (Fsp3) is 0.562. The van der Waals surface area contributed by atoms with Crippen molar-refractivity contribution < 1.29 is 9.53 Å².